The van der Waals surface area contributed by atoms with Crippen LogP contribution in [0.5, 0.6) is 0 Å². The van der Waals surface area contributed by atoms with Crippen molar-refractivity contribution < 1.29 is 0 Å². The first-order valence-corrected chi connectivity index (χ1v) is 35.0. The van der Waals surface area contributed by atoms with Crippen LogP contribution in [0.25, 0.3) is 137 Å². The van der Waals surface area contributed by atoms with Gasteiger partial charge in [-0.2, -0.15) is 0 Å². The molecule has 100 heavy (non-hydrogen) atoms. The average Bonchev–Trinajstić information content (AvgIpc) is 0.700. The maximum absolute atomic E-state index is 2.70. The first-order valence-electron chi connectivity index (χ1n) is 35.0. The number of anilines is 6. The van der Waals surface area contributed by atoms with Crippen molar-refractivity contribution in [3.05, 3.63) is 351 Å². The summed E-state index contributed by atoms with van der Waals surface area (Å²) in [6.07, 6.45) is 0. The van der Waals surface area contributed by atoms with Crippen LogP contribution in [0.1, 0.15) is 26.3 Å². The van der Waals surface area contributed by atoms with Crippen molar-refractivity contribution in [2.45, 2.75) is 26.2 Å². The van der Waals surface area contributed by atoms with Crippen molar-refractivity contribution in [3.63, 3.8) is 0 Å². The maximum atomic E-state index is 2.70. The van der Waals surface area contributed by atoms with Crippen molar-refractivity contribution in [3.8, 4) is 72.4 Å². The molecule has 18 aromatic rings. The molecule has 0 atom stereocenters. The van der Waals surface area contributed by atoms with Gasteiger partial charge in [0.25, 0.3) is 6.71 Å². The second kappa shape index (κ2) is 22.5. The van der Waals surface area contributed by atoms with Gasteiger partial charge in [-0.15, -0.1) is 0 Å². The minimum Gasteiger partial charge on any atom is -0.310 e. The molecule has 0 radical (unpaired) electrons. The van der Waals surface area contributed by atoms with Crippen molar-refractivity contribution >= 4 is 122 Å². The van der Waals surface area contributed by atoms with Crippen LogP contribution in [0.4, 0.5) is 34.1 Å². The second-order valence-electron chi connectivity index (χ2n) is 28.3. The lowest BCUT2D eigenvalue weighted by molar-refractivity contribution is 0.590. The number of benzene rings is 17. The minimum atomic E-state index is -0.233. The molecule has 1 aromatic heterocycles. The smallest absolute Gasteiger partial charge is 0.252 e. The number of hydrogen-bond donors (Lipinski definition) is 0. The second-order valence-corrected chi connectivity index (χ2v) is 28.3. The summed E-state index contributed by atoms with van der Waals surface area (Å²) >= 11 is 0. The Morgan fingerprint density at radius 2 is 0.650 bits per heavy atom. The summed E-state index contributed by atoms with van der Waals surface area (Å²) in [5.74, 6) is 0. The molecule has 0 saturated heterocycles. The molecule has 0 fully saturated rings. The van der Waals surface area contributed by atoms with Gasteiger partial charge in [0.05, 0.1) is 22.4 Å². The zero-order chi connectivity index (χ0) is 66.3. The van der Waals surface area contributed by atoms with E-state index in [1.165, 1.54) is 92.4 Å². The number of rotatable bonds is 9. The molecule has 2 aliphatic rings. The fourth-order valence-electron chi connectivity index (χ4n) is 17.1. The molecule has 0 bridgehead atoms. The summed E-state index contributed by atoms with van der Waals surface area (Å²) < 4.78 is 2.49. The molecule has 4 heteroatoms. The highest BCUT2D eigenvalue weighted by molar-refractivity contribution is 7.00. The van der Waals surface area contributed by atoms with Gasteiger partial charge in [-0.3, -0.25) is 0 Å². The van der Waals surface area contributed by atoms with E-state index >= 15 is 0 Å². The first-order chi connectivity index (χ1) is 49.3. The van der Waals surface area contributed by atoms with Gasteiger partial charge in [-0.1, -0.05) is 312 Å². The molecule has 3 nitrogen and oxygen atoms in total. The number of hydrogen-bond acceptors (Lipinski definition) is 2. The van der Waals surface area contributed by atoms with Gasteiger partial charge in [0.2, 0.25) is 0 Å². The van der Waals surface area contributed by atoms with E-state index in [4.69, 9.17) is 0 Å². The summed E-state index contributed by atoms with van der Waals surface area (Å²) in [4.78, 5) is 5.38. The minimum absolute atomic E-state index is 0.0483. The number of fused-ring (bicyclic) bond motifs is 9. The quantitative estimate of drug-likeness (QED) is 0.0811. The normalized spacial score (nSPS) is 12.7. The fourth-order valence-corrected chi connectivity index (χ4v) is 17.1. The van der Waals surface area contributed by atoms with Crippen LogP contribution < -0.4 is 26.2 Å². The molecular weight excluding hydrogens is 1210 g/mol. The molecule has 17 aromatic carbocycles. The largest absolute Gasteiger partial charge is 0.310 e. The molecule has 0 spiro atoms. The topological polar surface area (TPSA) is 11.4 Å². The Hall–Kier alpha value is -12.5. The standard InChI is InChI=1S/C96H66BN3/c1-96(2,3)71-50-47-61(48-51-71)70-58-89-93-90(59-70)100(95-75(64-29-12-6-13-30-64)40-24-41-76(95)65-31-14-7-15-32-65)88-60-72(98-85-45-18-16-36-77(85)78-37-17-19-46-86(78)98)52-54-84(88)97(93)83-53-49-67(69-55-68-35-22-43-80-79-42-20-33-66-34-21-44-81(91(66)79)82(56-69)92(68)80)57-87(83)99(89)94-73(62-25-8-4-9-26-62)38-23-39-74(94)63-27-10-5-11-28-63/h4-60H,1-3H3. The average molecular weight is 1270 g/mol. The molecular formula is C96H66BN3. The van der Waals surface area contributed by atoms with E-state index in [0.717, 1.165) is 101 Å². The number of aromatic nitrogens is 1. The summed E-state index contributed by atoms with van der Waals surface area (Å²) in [7, 11) is 0. The van der Waals surface area contributed by atoms with E-state index in [9.17, 15) is 0 Å². The predicted molar refractivity (Wildman–Crippen MR) is 427 cm³/mol. The molecule has 468 valence electrons. The molecule has 0 amide bonds. The fraction of sp³-hybridized carbons (Fsp3) is 0.0417. The third-order valence-electron chi connectivity index (χ3n) is 21.6. The Bertz CT molecular complexity index is 6130. The molecule has 0 N–H and O–H groups in total. The van der Waals surface area contributed by atoms with E-state index in [-0.39, 0.29) is 12.1 Å². The molecule has 0 aliphatic carbocycles. The third kappa shape index (κ3) is 8.93. The van der Waals surface area contributed by atoms with Gasteiger partial charge in [-0.05, 0) is 170 Å². The molecule has 0 unspecified atom stereocenters. The summed E-state index contributed by atoms with van der Waals surface area (Å²) in [6.45, 7) is 6.70. The Kier molecular flexibility index (Phi) is 13.0. The predicted octanol–water partition coefficient (Wildman–Crippen LogP) is 24.2. The van der Waals surface area contributed by atoms with Crippen molar-refractivity contribution in [2.75, 3.05) is 9.80 Å². The van der Waals surface area contributed by atoms with E-state index < -0.39 is 0 Å². The van der Waals surface area contributed by atoms with Crippen LogP contribution in [0.2, 0.25) is 0 Å². The molecule has 20 rings (SSSR count). The van der Waals surface area contributed by atoms with Gasteiger partial charge in [-0.25, -0.2) is 0 Å². The van der Waals surface area contributed by atoms with Gasteiger partial charge >= 0.3 is 0 Å². The Morgan fingerprint density at radius 3 is 1.15 bits per heavy atom. The van der Waals surface area contributed by atoms with Crippen LogP contribution in [0.15, 0.2) is 346 Å². The van der Waals surface area contributed by atoms with E-state index in [1.807, 2.05) is 0 Å². The lowest BCUT2D eigenvalue weighted by Crippen LogP contribution is -2.61. The van der Waals surface area contributed by atoms with Gasteiger partial charge in [0.1, 0.15) is 0 Å². The Morgan fingerprint density at radius 1 is 0.260 bits per heavy atom. The number of para-hydroxylation sites is 4. The van der Waals surface area contributed by atoms with Crippen LogP contribution in [-0.2, 0) is 5.41 Å². The van der Waals surface area contributed by atoms with Crippen molar-refractivity contribution in [1.82, 2.24) is 4.57 Å². The van der Waals surface area contributed by atoms with Crippen molar-refractivity contribution in [2.24, 2.45) is 0 Å². The highest BCUT2D eigenvalue weighted by Gasteiger charge is 2.46. The number of nitrogens with zero attached hydrogens (tertiary/aromatic N) is 3. The zero-order valence-electron chi connectivity index (χ0n) is 55.8. The van der Waals surface area contributed by atoms with Crippen LogP contribution in [0, 0.1) is 0 Å². The summed E-state index contributed by atoms with van der Waals surface area (Å²) in [5.41, 5.74) is 28.9. The Labute approximate surface area is 582 Å². The highest BCUT2D eigenvalue weighted by Crippen LogP contribution is 2.55. The van der Waals surface area contributed by atoms with E-state index in [2.05, 4.69) is 381 Å². The lowest BCUT2D eigenvalue weighted by atomic mass is 9.33. The maximum Gasteiger partial charge on any atom is 0.252 e. The monoisotopic (exact) mass is 1270 g/mol. The molecule has 2 aliphatic heterocycles. The van der Waals surface area contributed by atoms with E-state index in [0.29, 0.717) is 0 Å². The zero-order valence-corrected chi connectivity index (χ0v) is 55.8. The Balaban J connectivity index is 0.950. The first kappa shape index (κ1) is 57.7. The van der Waals surface area contributed by atoms with Crippen molar-refractivity contribution in [1.29, 1.82) is 0 Å². The van der Waals surface area contributed by atoms with Crippen LogP contribution in [0.3, 0.4) is 0 Å². The highest BCUT2D eigenvalue weighted by atomic mass is 15.2. The van der Waals surface area contributed by atoms with Crippen LogP contribution >= 0.6 is 0 Å². The molecule has 3 heterocycles. The summed E-state index contributed by atoms with van der Waals surface area (Å²) in [6, 6.07) is 131. The lowest BCUT2D eigenvalue weighted by Gasteiger charge is -2.46. The van der Waals surface area contributed by atoms with Gasteiger partial charge in [0.15, 0.2) is 0 Å². The summed E-state index contributed by atoms with van der Waals surface area (Å²) in [5, 5.41) is 12.7. The SMILES string of the molecule is CC(C)(C)c1ccc(-c2cc3c4c(c2)N(c2c(-c5ccccc5)cccc2-c2ccccc2)c2cc(-n5c6ccccc6c6ccccc65)ccc2B4c2ccc(-c4cc5cccc6c7cccc8cccc(c(c4)c56)c87)cc2N3c2c(-c3ccccc3)cccc2-c2ccccc2)cc1. The van der Waals surface area contributed by atoms with Crippen LogP contribution in [-0.4, -0.2) is 11.3 Å². The molecule has 0 saturated carbocycles. The van der Waals surface area contributed by atoms with Gasteiger partial charge in [0, 0.05) is 61.5 Å². The van der Waals surface area contributed by atoms with Gasteiger partial charge < -0.3 is 14.4 Å². The third-order valence-corrected chi connectivity index (χ3v) is 21.6. The van der Waals surface area contributed by atoms with E-state index in [1.54, 1.807) is 0 Å².